The number of halogens is 1. The number of aromatic hydroxyl groups is 1. The molecule has 0 spiro atoms. The van der Waals surface area contributed by atoms with Crippen LogP contribution in [0, 0.1) is 0 Å². The molecule has 0 unspecified atom stereocenters. The van der Waals surface area contributed by atoms with E-state index >= 15 is 0 Å². The summed E-state index contributed by atoms with van der Waals surface area (Å²) < 4.78 is 1.97. The van der Waals surface area contributed by atoms with Crippen molar-refractivity contribution < 1.29 is 22.1 Å². The highest BCUT2D eigenvalue weighted by Gasteiger charge is 2.13. The Kier molecular flexibility index (Phi) is 4.96. The van der Waals surface area contributed by atoms with Crippen LogP contribution in [0.25, 0.3) is 0 Å². The quantitative estimate of drug-likeness (QED) is 0.770. The van der Waals surface area contributed by atoms with Gasteiger partial charge in [-0.05, 0) is 17.0 Å². The van der Waals surface area contributed by atoms with Gasteiger partial charge in [0.1, 0.15) is 0 Å². The number of hydrogen-bond acceptors (Lipinski definition) is 1. The van der Waals surface area contributed by atoms with E-state index in [1.54, 1.807) is 12.3 Å². The first-order chi connectivity index (χ1) is 8.45. The van der Waals surface area contributed by atoms with Crippen molar-refractivity contribution in [3.05, 3.63) is 59.9 Å². The van der Waals surface area contributed by atoms with E-state index in [4.69, 9.17) is 0 Å². The molecule has 0 saturated carbocycles. The van der Waals surface area contributed by atoms with E-state index < -0.39 is 0 Å². The molecule has 0 fully saturated rings. The van der Waals surface area contributed by atoms with Crippen LogP contribution in [-0.2, 0) is 12.0 Å². The van der Waals surface area contributed by atoms with Crippen molar-refractivity contribution in [1.29, 1.82) is 0 Å². The maximum Gasteiger partial charge on any atom is 0.211 e. The SMILES string of the molecule is CC(C)(C)c1ccc(C[n+]2cccc(O)c2)cc1.[Cl-]. The van der Waals surface area contributed by atoms with Gasteiger partial charge in [0.05, 0.1) is 0 Å². The molecule has 19 heavy (non-hydrogen) atoms. The largest absolute Gasteiger partial charge is 1.00 e. The molecule has 0 bridgehead atoms. The number of benzene rings is 1. The monoisotopic (exact) mass is 277 g/mol. The summed E-state index contributed by atoms with van der Waals surface area (Å²) in [6.45, 7) is 7.42. The molecule has 0 aliphatic heterocycles. The molecule has 1 aromatic heterocycles. The molecule has 0 aliphatic rings. The lowest BCUT2D eigenvalue weighted by atomic mass is 9.87. The number of aromatic nitrogens is 1. The van der Waals surface area contributed by atoms with Crippen LogP contribution in [0.2, 0.25) is 0 Å². The Hall–Kier alpha value is -1.54. The minimum absolute atomic E-state index is 0. The molecule has 0 aliphatic carbocycles. The van der Waals surface area contributed by atoms with Crippen molar-refractivity contribution in [2.24, 2.45) is 0 Å². The lowest BCUT2D eigenvalue weighted by molar-refractivity contribution is -0.688. The number of rotatable bonds is 2. The zero-order chi connectivity index (χ0) is 13.2. The van der Waals surface area contributed by atoms with Crippen molar-refractivity contribution in [2.45, 2.75) is 32.7 Å². The van der Waals surface area contributed by atoms with E-state index in [1.807, 2.05) is 16.8 Å². The van der Waals surface area contributed by atoms with Crippen LogP contribution < -0.4 is 17.0 Å². The number of nitrogens with zero attached hydrogens (tertiary/aromatic N) is 1. The standard InChI is InChI=1S/C16H19NO.ClH/c1-16(2,3)14-8-6-13(7-9-14)11-17-10-4-5-15(18)12-17;/h4-10,12H,11H2,1-3H3;1H. The molecular formula is C16H20ClNO. The first-order valence-corrected chi connectivity index (χ1v) is 6.23. The van der Waals surface area contributed by atoms with Crippen LogP contribution in [0.1, 0.15) is 31.9 Å². The highest BCUT2D eigenvalue weighted by molar-refractivity contribution is 5.27. The lowest BCUT2D eigenvalue weighted by Crippen LogP contribution is -3.00. The van der Waals surface area contributed by atoms with E-state index in [9.17, 15) is 5.11 Å². The van der Waals surface area contributed by atoms with Crippen LogP contribution >= 0.6 is 0 Å². The third-order valence-electron chi connectivity index (χ3n) is 3.03. The second-order valence-electron chi connectivity index (χ2n) is 5.68. The summed E-state index contributed by atoms with van der Waals surface area (Å²) in [4.78, 5) is 0. The third kappa shape index (κ3) is 4.25. The topological polar surface area (TPSA) is 24.1 Å². The maximum absolute atomic E-state index is 9.42. The zero-order valence-electron chi connectivity index (χ0n) is 11.6. The summed E-state index contributed by atoms with van der Waals surface area (Å²) >= 11 is 0. The molecule has 1 heterocycles. The van der Waals surface area contributed by atoms with Crippen molar-refractivity contribution in [3.63, 3.8) is 0 Å². The molecule has 0 amide bonds. The fourth-order valence-electron chi connectivity index (χ4n) is 1.93. The normalized spacial score (nSPS) is 10.9. The fourth-order valence-corrected chi connectivity index (χ4v) is 1.93. The average molecular weight is 278 g/mol. The second-order valence-corrected chi connectivity index (χ2v) is 5.68. The first kappa shape index (κ1) is 15.5. The Bertz CT molecular complexity index is 529. The van der Waals surface area contributed by atoms with E-state index in [0.717, 1.165) is 6.54 Å². The Balaban J connectivity index is 0.00000180. The molecule has 3 heteroatoms. The van der Waals surface area contributed by atoms with Crippen molar-refractivity contribution in [2.75, 3.05) is 0 Å². The Morgan fingerprint density at radius 1 is 1.05 bits per heavy atom. The Morgan fingerprint density at radius 2 is 1.68 bits per heavy atom. The van der Waals surface area contributed by atoms with Crippen LogP contribution in [0.4, 0.5) is 0 Å². The molecule has 0 saturated heterocycles. The smallest absolute Gasteiger partial charge is 0.211 e. The molecule has 2 aromatic rings. The summed E-state index contributed by atoms with van der Waals surface area (Å²) in [6.07, 6.45) is 3.69. The van der Waals surface area contributed by atoms with E-state index in [2.05, 4.69) is 45.0 Å². The van der Waals surface area contributed by atoms with E-state index in [1.165, 1.54) is 11.1 Å². The summed E-state index contributed by atoms with van der Waals surface area (Å²) in [5.74, 6) is 0.295. The van der Waals surface area contributed by atoms with Gasteiger partial charge >= 0.3 is 0 Å². The number of pyridine rings is 1. The van der Waals surface area contributed by atoms with Gasteiger partial charge in [-0.3, -0.25) is 0 Å². The molecule has 2 rings (SSSR count). The van der Waals surface area contributed by atoms with Gasteiger partial charge in [0.25, 0.3) is 0 Å². The molecule has 102 valence electrons. The highest BCUT2D eigenvalue weighted by atomic mass is 35.5. The summed E-state index contributed by atoms with van der Waals surface area (Å²) in [5, 5.41) is 9.42. The van der Waals surface area contributed by atoms with Crippen LogP contribution in [0.3, 0.4) is 0 Å². The van der Waals surface area contributed by atoms with Crippen LogP contribution in [0.15, 0.2) is 48.8 Å². The van der Waals surface area contributed by atoms with Crippen molar-refractivity contribution in [1.82, 2.24) is 0 Å². The maximum atomic E-state index is 9.42. The molecular weight excluding hydrogens is 258 g/mol. The molecule has 2 nitrogen and oxygen atoms in total. The minimum atomic E-state index is 0. The van der Waals surface area contributed by atoms with Gasteiger partial charge in [0, 0.05) is 11.6 Å². The van der Waals surface area contributed by atoms with Crippen LogP contribution in [-0.4, -0.2) is 5.11 Å². The fraction of sp³-hybridized carbons (Fsp3) is 0.312. The zero-order valence-corrected chi connectivity index (χ0v) is 12.4. The van der Waals surface area contributed by atoms with Crippen molar-refractivity contribution in [3.8, 4) is 5.75 Å². The van der Waals surface area contributed by atoms with Gasteiger partial charge in [-0.1, -0.05) is 45.0 Å². The predicted octanol–water partition coefficient (Wildman–Crippen LogP) is 0.0295. The molecule has 0 radical (unpaired) electrons. The Labute approximate surface area is 121 Å². The number of hydrogen-bond donors (Lipinski definition) is 1. The molecule has 1 aromatic carbocycles. The van der Waals surface area contributed by atoms with Gasteiger partial charge in [-0.25, -0.2) is 0 Å². The van der Waals surface area contributed by atoms with Gasteiger partial charge in [0.2, 0.25) is 6.20 Å². The molecule has 1 N–H and O–H groups in total. The van der Waals surface area contributed by atoms with E-state index in [0.29, 0.717) is 5.75 Å². The highest BCUT2D eigenvalue weighted by Crippen LogP contribution is 2.22. The summed E-state index contributed by atoms with van der Waals surface area (Å²) in [7, 11) is 0. The Morgan fingerprint density at radius 3 is 2.21 bits per heavy atom. The predicted molar refractivity (Wildman–Crippen MR) is 72.5 cm³/mol. The second kappa shape index (κ2) is 6.07. The van der Waals surface area contributed by atoms with Crippen molar-refractivity contribution >= 4 is 0 Å². The van der Waals surface area contributed by atoms with Gasteiger partial charge in [-0.2, -0.15) is 4.57 Å². The lowest BCUT2D eigenvalue weighted by Gasteiger charge is -2.18. The van der Waals surface area contributed by atoms with Gasteiger partial charge in [-0.15, -0.1) is 0 Å². The summed E-state index contributed by atoms with van der Waals surface area (Å²) in [6, 6.07) is 12.2. The van der Waals surface area contributed by atoms with Crippen LogP contribution in [0.5, 0.6) is 5.75 Å². The first-order valence-electron chi connectivity index (χ1n) is 6.23. The average Bonchev–Trinajstić information content (AvgIpc) is 2.28. The minimum Gasteiger partial charge on any atom is -1.00 e. The third-order valence-corrected chi connectivity index (χ3v) is 3.03. The van der Waals surface area contributed by atoms with E-state index in [-0.39, 0.29) is 17.8 Å². The summed E-state index contributed by atoms with van der Waals surface area (Å²) in [5.41, 5.74) is 2.77. The molecule has 0 atom stereocenters. The van der Waals surface area contributed by atoms with Gasteiger partial charge < -0.3 is 17.5 Å². The van der Waals surface area contributed by atoms with Gasteiger partial charge in [0.15, 0.2) is 18.5 Å².